The van der Waals surface area contributed by atoms with Gasteiger partial charge < -0.3 is 0 Å². The van der Waals surface area contributed by atoms with Crippen molar-refractivity contribution in [3.05, 3.63) is 39.7 Å². The first kappa shape index (κ1) is 9.82. The summed E-state index contributed by atoms with van der Waals surface area (Å²) in [6, 6.07) is 0. The molecule has 0 radical (unpaired) electrons. The maximum absolute atomic E-state index is 13.2. The van der Waals surface area contributed by atoms with Crippen molar-refractivity contribution in [2.24, 2.45) is 0 Å². The minimum Gasteiger partial charge on any atom is -0.296 e. The molecule has 2 rings (SSSR count). The Kier molecular flexibility index (Phi) is 2.49. The lowest BCUT2D eigenvalue weighted by Gasteiger charge is -2.09. The van der Waals surface area contributed by atoms with Crippen LogP contribution in [0.1, 0.15) is 18.7 Å². The maximum atomic E-state index is 13.2. The zero-order valence-electron chi connectivity index (χ0n) is 7.72. The van der Waals surface area contributed by atoms with Gasteiger partial charge in [-0.05, 0) is 12.0 Å². The van der Waals surface area contributed by atoms with E-state index in [1.54, 1.807) is 0 Å². The van der Waals surface area contributed by atoms with Crippen LogP contribution in [0.25, 0.3) is 0 Å². The van der Waals surface area contributed by atoms with Crippen LogP contribution < -0.4 is 5.76 Å². The number of nitrogens with one attached hydrogen (secondary N) is 1. The lowest BCUT2D eigenvalue weighted by Crippen LogP contribution is -2.02. The van der Waals surface area contributed by atoms with Crippen LogP contribution in [-0.4, -0.2) is 10.1 Å². The van der Waals surface area contributed by atoms with Gasteiger partial charge in [0, 0.05) is 18.9 Å². The summed E-state index contributed by atoms with van der Waals surface area (Å²) in [5.74, 6) is -1.49. The van der Waals surface area contributed by atoms with Gasteiger partial charge in [-0.15, -0.1) is 0 Å². The number of nitrogens with zero attached hydrogens (tertiary/aromatic N) is 1. The van der Waals surface area contributed by atoms with Gasteiger partial charge in [0.05, 0.1) is 0 Å². The van der Waals surface area contributed by atoms with Crippen molar-refractivity contribution in [2.75, 3.05) is 0 Å². The lowest BCUT2D eigenvalue weighted by atomic mass is 10.0. The molecule has 1 heterocycles. The monoisotopic (exact) mass is 214 g/mol. The fourth-order valence-corrected chi connectivity index (χ4v) is 1.41. The number of allylic oxidation sites excluding steroid dienone is 4. The van der Waals surface area contributed by atoms with Crippen molar-refractivity contribution in [3.63, 3.8) is 0 Å². The van der Waals surface area contributed by atoms with Gasteiger partial charge >= 0.3 is 5.76 Å². The van der Waals surface area contributed by atoms with Crippen molar-refractivity contribution >= 4 is 0 Å². The van der Waals surface area contributed by atoms with Crippen molar-refractivity contribution in [2.45, 2.75) is 19.3 Å². The van der Waals surface area contributed by atoms with E-state index in [1.165, 1.54) is 0 Å². The molecule has 0 atom stereocenters. The largest absolute Gasteiger partial charge is 0.438 e. The van der Waals surface area contributed by atoms with Gasteiger partial charge in [-0.1, -0.05) is 5.16 Å². The SMILES string of the molecule is O=c1[nH]c(CC2=C(F)C=C(F)CC2)no1. The van der Waals surface area contributed by atoms with Crippen LogP contribution in [0, 0.1) is 0 Å². The first-order valence-corrected chi connectivity index (χ1v) is 4.43. The molecule has 1 aromatic rings. The van der Waals surface area contributed by atoms with Crippen LogP contribution in [0.3, 0.4) is 0 Å². The standard InChI is InChI=1S/C9H8F2N2O2/c10-6-2-1-5(7(11)4-6)3-8-12-9(14)15-13-8/h4H,1-3H2,(H,12,13,14). The van der Waals surface area contributed by atoms with Crippen LogP contribution >= 0.6 is 0 Å². The predicted molar refractivity (Wildman–Crippen MR) is 47.4 cm³/mol. The topological polar surface area (TPSA) is 58.9 Å². The highest BCUT2D eigenvalue weighted by atomic mass is 19.1. The Morgan fingerprint density at radius 3 is 2.87 bits per heavy atom. The van der Waals surface area contributed by atoms with Crippen LogP contribution in [0.5, 0.6) is 0 Å². The van der Waals surface area contributed by atoms with Gasteiger partial charge in [-0.25, -0.2) is 13.6 Å². The van der Waals surface area contributed by atoms with Crippen molar-refractivity contribution in [3.8, 4) is 0 Å². The molecular formula is C9H8F2N2O2. The first-order chi connectivity index (χ1) is 7.15. The number of rotatable bonds is 2. The molecule has 0 saturated carbocycles. The molecule has 0 spiro atoms. The molecule has 15 heavy (non-hydrogen) atoms. The summed E-state index contributed by atoms with van der Waals surface area (Å²) in [7, 11) is 0. The summed E-state index contributed by atoms with van der Waals surface area (Å²) in [5, 5.41) is 3.41. The smallest absolute Gasteiger partial charge is 0.296 e. The second-order valence-electron chi connectivity index (χ2n) is 3.26. The van der Waals surface area contributed by atoms with E-state index in [-0.39, 0.29) is 18.7 Å². The van der Waals surface area contributed by atoms with E-state index in [0.29, 0.717) is 12.0 Å². The summed E-state index contributed by atoms with van der Waals surface area (Å²) in [6.07, 6.45) is 1.48. The minimum absolute atomic E-state index is 0.140. The Morgan fingerprint density at radius 2 is 2.27 bits per heavy atom. The second-order valence-corrected chi connectivity index (χ2v) is 3.26. The third-order valence-electron chi connectivity index (χ3n) is 2.15. The number of aromatic nitrogens is 2. The van der Waals surface area contributed by atoms with Crippen LogP contribution in [0.4, 0.5) is 8.78 Å². The number of hydrogen-bond donors (Lipinski definition) is 1. The van der Waals surface area contributed by atoms with Gasteiger partial charge in [0.2, 0.25) is 0 Å². The van der Waals surface area contributed by atoms with Gasteiger partial charge in [0.15, 0.2) is 5.82 Å². The Labute approximate surface area is 83.3 Å². The van der Waals surface area contributed by atoms with E-state index < -0.39 is 17.4 Å². The number of halogens is 2. The Morgan fingerprint density at radius 1 is 1.47 bits per heavy atom. The van der Waals surface area contributed by atoms with Crippen LogP contribution in [0.2, 0.25) is 0 Å². The molecule has 0 saturated heterocycles. The van der Waals surface area contributed by atoms with E-state index in [0.717, 1.165) is 6.08 Å². The minimum atomic E-state index is -0.677. The van der Waals surface area contributed by atoms with Gasteiger partial charge in [-0.2, -0.15) is 0 Å². The first-order valence-electron chi connectivity index (χ1n) is 4.43. The number of hydrogen-bond acceptors (Lipinski definition) is 3. The Hall–Kier alpha value is -1.72. The fraction of sp³-hybridized carbons (Fsp3) is 0.333. The quantitative estimate of drug-likeness (QED) is 0.816. The van der Waals surface area contributed by atoms with Gasteiger partial charge in [-0.3, -0.25) is 9.51 Å². The van der Waals surface area contributed by atoms with Crippen molar-refractivity contribution < 1.29 is 13.3 Å². The summed E-state index contributed by atoms with van der Waals surface area (Å²) in [4.78, 5) is 12.9. The molecule has 80 valence electrons. The van der Waals surface area contributed by atoms with Crippen LogP contribution in [0.15, 0.2) is 32.6 Å². The highest BCUT2D eigenvalue weighted by Gasteiger charge is 2.15. The summed E-state index contributed by atoms with van der Waals surface area (Å²) >= 11 is 0. The normalized spacial score (nSPS) is 16.8. The van der Waals surface area contributed by atoms with Crippen LogP contribution in [-0.2, 0) is 6.42 Å². The zero-order chi connectivity index (χ0) is 10.8. The van der Waals surface area contributed by atoms with Crippen molar-refractivity contribution in [1.29, 1.82) is 0 Å². The Bertz CT molecular complexity index is 484. The molecule has 0 unspecified atom stereocenters. The Balaban J connectivity index is 2.19. The van der Waals surface area contributed by atoms with E-state index in [1.807, 2.05) is 0 Å². The fourth-order valence-electron chi connectivity index (χ4n) is 1.41. The molecule has 0 bridgehead atoms. The highest BCUT2D eigenvalue weighted by molar-refractivity contribution is 5.28. The molecule has 1 aliphatic carbocycles. The van der Waals surface area contributed by atoms with Gasteiger partial charge in [0.25, 0.3) is 0 Å². The molecule has 0 aromatic carbocycles. The molecule has 0 fully saturated rings. The molecular weight excluding hydrogens is 206 g/mol. The third-order valence-corrected chi connectivity index (χ3v) is 2.15. The summed E-state index contributed by atoms with van der Waals surface area (Å²) < 4.78 is 30.1. The molecule has 1 N–H and O–H groups in total. The average molecular weight is 214 g/mol. The molecule has 1 aliphatic rings. The maximum Gasteiger partial charge on any atom is 0.438 e. The highest BCUT2D eigenvalue weighted by Crippen LogP contribution is 2.27. The second kappa shape index (κ2) is 3.80. The summed E-state index contributed by atoms with van der Waals surface area (Å²) in [5.41, 5.74) is 0.418. The predicted octanol–water partition coefficient (Wildman–Crippen LogP) is 1.78. The van der Waals surface area contributed by atoms with Crippen molar-refractivity contribution in [1.82, 2.24) is 10.1 Å². The molecule has 0 amide bonds. The molecule has 0 aliphatic heterocycles. The van der Waals surface area contributed by atoms with E-state index in [4.69, 9.17) is 0 Å². The van der Waals surface area contributed by atoms with E-state index >= 15 is 0 Å². The summed E-state index contributed by atoms with van der Waals surface area (Å²) in [6.45, 7) is 0. The van der Waals surface area contributed by atoms with E-state index in [2.05, 4.69) is 14.7 Å². The molecule has 1 aromatic heterocycles. The third kappa shape index (κ3) is 2.20. The lowest BCUT2D eigenvalue weighted by molar-refractivity contribution is 0.381. The average Bonchev–Trinajstić information content (AvgIpc) is 2.56. The number of aromatic amines is 1. The van der Waals surface area contributed by atoms with Gasteiger partial charge in [0.1, 0.15) is 11.7 Å². The number of H-pyrrole nitrogens is 1. The van der Waals surface area contributed by atoms with E-state index in [9.17, 15) is 13.6 Å². The zero-order valence-corrected chi connectivity index (χ0v) is 7.72. The molecule has 6 heteroatoms. The molecule has 4 nitrogen and oxygen atoms in total.